The van der Waals surface area contributed by atoms with Crippen LogP contribution in [0.1, 0.15) is 26.7 Å². The summed E-state index contributed by atoms with van der Waals surface area (Å²) in [5, 5.41) is 11.3. The van der Waals surface area contributed by atoms with Crippen molar-refractivity contribution in [3.63, 3.8) is 0 Å². The van der Waals surface area contributed by atoms with E-state index in [2.05, 4.69) is 24.9 Å². The summed E-state index contributed by atoms with van der Waals surface area (Å²) in [6.07, 6.45) is 4.28. The van der Waals surface area contributed by atoms with E-state index in [4.69, 9.17) is 5.11 Å². The van der Waals surface area contributed by atoms with Gasteiger partial charge >= 0.3 is 0 Å². The zero-order chi connectivity index (χ0) is 9.40. The standard InChI is InChI=1S/C10H19NO/c1-9(2)5-4-6-10(3)7-11-8-12/h6,11-12H,1,4-5,7-8H2,2-3H3. The van der Waals surface area contributed by atoms with Gasteiger partial charge in [-0.1, -0.05) is 17.2 Å². The van der Waals surface area contributed by atoms with E-state index in [0.29, 0.717) is 0 Å². The average Bonchev–Trinajstić information content (AvgIpc) is 2.00. The predicted octanol–water partition coefficient (Wildman–Crippen LogP) is 1.83. The lowest BCUT2D eigenvalue weighted by molar-refractivity contribution is 0.266. The number of aliphatic hydroxyl groups is 1. The Hall–Kier alpha value is -0.600. The van der Waals surface area contributed by atoms with Crippen LogP contribution >= 0.6 is 0 Å². The van der Waals surface area contributed by atoms with Crippen LogP contribution in [-0.4, -0.2) is 18.4 Å². The van der Waals surface area contributed by atoms with Gasteiger partial charge in [0.15, 0.2) is 0 Å². The van der Waals surface area contributed by atoms with Crippen molar-refractivity contribution in [2.24, 2.45) is 0 Å². The van der Waals surface area contributed by atoms with Gasteiger partial charge in [-0.3, -0.25) is 5.32 Å². The van der Waals surface area contributed by atoms with Gasteiger partial charge < -0.3 is 5.11 Å². The molecule has 0 rings (SSSR count). The number of nitrogens with one attached hydrogen (secondary N) is 1. The molecule has 2 nitrogen and oxygen atoms in total. The molecule has 0 spiro atoms. The lowest BCUT2D eigenvalue weighted by Crippen LogP contribution is -2.16. The minimum atomic E-state index is 0.0473. The number of aliphatic hydroxyl groups excluding tert-OH is 1. The average molecular weight is 169 g/mol. The van der Waals surface area contributed by atoms with E-state index >= 15 is 0 Å². The van der Waals surface area contributed by atoms with E-state index in [-0.39, 0.29) is 6.73 Å². The molecule has 12 heavy (non-hydrogen) atoms. The lowest BCUT2D eigenvalue weighted by Gasteiger charge is -2.01. The third-order valence-corrected chi connectivity index (χ3v) is 1.58. The monoisotopic (exact) mass is 169 g/mol. The van der Waals surface area contributed by atoms with Crippen LogP contribution in [0.15, 0.2) is 23.8 Å². The molecule has 0 aliphatic carbocycles. The number of rotatable bonds is 6. The highest BCUT2D eigenvalue weighted by atomic mass is 16.3. The van der Waals surface area contributed by atoms with E-state index in [9.17, 15) is 0 Å². The number of allylic oxidation sites excluding steroid dienone is 2. The van der Waals surface area contributed by atoms with E-state index in [0.717, 1.165) is 19.4 Å². The highest BCUT2D eigenvalue weighted by Crippen LogP contribution is 2.03. The van der Waals surface area contributed by atoms with Crippen LogP contribution in [0.5, 0.6) is 0 Å². The summed E-state index contributed by atoms with van der Waals surface area (Å²) >= 11 is 0. The normalized spacial score (nSPS) is 11.8. The van der Waals surface area contributed by atoms with Crippen LogP contribution in [0.25, 0.3) is 0 Å². The third kappa shape index (κ3) is 7.51. The maximum absolute atomic E-state index is 8.48. The maximum Gasteiger partial charge on any atom is 0.0934 e. The van der Waals surface area contributed by atoms with Crippen molar-refractivity contribution in [2.75, 3.05) is 13.3 Å². The van der Waals surface area contributed by atoms with E-state index in [1.54, 1.807) is 0 Å². The topological polar surface area (TPSA) is 32.3 Å². The quantitative estimate of drug-likeness (QED) is 0.469. The molecule has 0 heterocycles. The van der Waals surface area contributed by atoms with Crippen molar-refractivity contribution in [3.05, 3.63) is 23.8 Å². The first-order chi connectivity index (χ1) is 5.66. The molecule has 0 aliphatic rings. The summed E-state index contributed by atoms with van der Waals surface area (Å²) in [5.41, 5.74) is 2.49. The SMILES string of the molecule is C=C(C)CCC=C(C)CNCO. The second-order valence-electron chi connectivity index (χ2n) is 3.13. The zero-order valence-electron chi connectivity index (χ0n) is 8.06. The first-order valence-corrected chi connectivity index (χ1v) is 4.28. The second kappa shape index (κ2) is 7.07. The molecule has 0 aromatic heterocycles. The molecule has 0 aromatic carbocycles. The molecular weight excluding hydrogens is 150 g/mol. The summed E-state index contributed by atoms with van der Waals surface area (Å²) in [7, 11) is 0. The van der Waals surface area contributed by atoms with Crippen molar-refractivity contribution in [2.45, 2.75) is 26.7 Å². The fraction of sp³-hybridized carbons (Fsp3) is 0.600. The smallest absolute Gasteiger partial charge is 0.0934 e. The molecule has 70 valence electrons. The fourth-order valence-electron chi connectivity index (χ4n) is 0.890. The van der Waals surface area contributed by atoms with Gasteiger partial charge in [0.05, 0.1) is 6.73 Å². The number of hydrogen-bond acceptors (Lipinski definition) is 2. The molecule has 0 fully saturated rings. The van der Waals surface area contributed by atoms with Gasteiger partial charge in [-0.25, -0.2) is 0 Å². The highest BCUT2D eigenvalue weighted by molar-refractivity contribution is 5.02. The van der Waals surface area contributed by atoms with Crippen molar-refractivity contribution in [3.8, 4) is 0 Å². The molecule has 0 amide bonds. The molecule has 0 atom stereocenters. The molecule has 0 saturated heterocycles. The summed E-state index contributed by atoms with van der Waals surface area (Å²) < 4.78 is 0. The summed E-state index contributed by atoms with van der Waals surface area (Å²) in [6, 6.07) is 0. The van der Waals surface area contributed by atoms with Gasteiger partial charge in [-0.2, -0.15) is 0 Å². The Labute approximate surface area is 75.0 Å². The predicted molar refractivity (Wildman–Crippen MR) is 52.9 cm³/mol. The van der Waals surface area contributed by atoms with Crippen LogP contribution < -0.4 is 5.32 Å². The first kappa shape index (κ1) is 11.4. The Bertz CT molecular complexity index is 161. The Morgan fingerprint density at radius 1 is 1.50 bits per heavy atom. The Morgan fingerprint density at radius 2 is 2.17 bits per heavy atom. The third-order valence-electron chi connectivity index (χ3n) is 1.58. The van der Waals surface area contributed by atoms with Crippen LogP contribution in [-0.2, 0) is 0 Å². The van der Waals surface area contributed by atoms with Gasteiger partial charge in [-0.15, -0.1) is 6.58 Å². The minimum absolute atomic E-state index is 0.0473. The molecular formula is C10H19NO. The molecule has 2 heteroatoms. The van der Waals surface area contributed by atoms with Gasteiger partial charge in [0.1, 0.15) is 0 Å². The van der Waals surface area contributed by atoms with Crippen molar-refractivity contribution in [1.82, 2.24) is 5.32 Å². The summed E-state index contributed by atoms with van der Waals surface area (Å²) in [5.74, 6) is 0. The molecule has 0 aromatic rings. The maximum atomic E-state index is 8.48. The van der Waals surface area contributed by atoms with Crippen LogP contribution in [0.2, 0.25) is 0 Å². The first-order valence-electron chi connectivity index (χ1n) is 4.28. The summed E-state index contributed by atoms with van der Waals surface area (Å²) in [6.45, 7) is 8.74. The second-order valence-corrected chi connectivity index (χ2v) is 3.13. The molecule has 0 saturated carbocycles. The zero-order valence-corrected chi connectivity index (χ0v) is 8.06. The van der Waals surface area contributed by atoms with E-state index < -0.39 is 0 Å². The summed E-state index contributed by atoms with van der Waals surface area (Å²) in [4.78, 5) is 0. The van der Waals surface area contributed by atoms with E-state index in [1.165, 1.54) is 11.1 Å². The van der Waals surface area contributed by atoms with Gasteiger partial charge in [0.2, 0.25) is 0 Å². The Kier molecular flexibility index (Phi) is 6.72. The minimum Gasteiger partial charge on any atom is -0.381 e. The Balaban J connectivity index is 3.47. The van der Waals surface area contributed by atoms with Gasteiger partial charge in [0.25, 0.3) is 0 Å². The highest BCUT2D eigenvalue weighted by Gasteiger charge is 1.88. The fourth-order valence-corrected chi connectivity index (χ4v) is 0.890. The van der Waals surface area contributed by atoms with Crippen molar-refractivity contribution in [1.29, 1.82) is 0 Å². The molecule has 0 unspecified atom stereocenters. The molecule has 0 bridgehead atoms. The largest absolute Gasteiger partial charge is 0.381 e. The lowest BCUT2D eigenvalue weighted by atomic mass is 10.1. The van der Waals surface area contributed by atoms with Crippen molar-refractivity contribution >= 4 is 0 Å². The molecule has 0 aliphatic heterocycles. The van der Waals surface area contributed by atoms with Gasteiger partial charge in [-0.05, 0) is 26.7 Å². The van der Waals surface area contributed by atoms with Crippen molar-refractivity contribution < 1.29 is 5.11 Å². The Morgan fingerprint density at radius 3 is 2.67 bits per heavy atom. The molecule has 0 radical (unpaired) electrons. The van der Waals surface area contributed by atoms with Crippen LogP contribution in [0.4, 0.5) is 0 Å². The number of hydrogen-bond donors (Lipinski definition) is 2. The van der Waals surface area contributed by atoms with Gasteiger partial charge in [0, 0.05) is 6.54 Å². The van der Waals surface area contributed by atoms with Crippen LogP contribution in [0, 0.1) is 0 Å². The van der Waals surface area contributed by atoms with Crippen LogP contribution in [0.3, 0.4) is 0 Å². The van der Waals surface area contributed by atoms with E-state index in [1.807, 2.05) is 6.92 Å². The molecule has 2 N–H and O–H groups in total.